The maximum Gasteiger partial charge on any atom is 0.306 e. The number of rotatable bonds is 4. The Morgan fingerprint density at radius 3 is 2.60 bits per heavy atom. The highest BCUT2D eigenvalue weighted by Crippen LogP contribution is 2.30. The normalized spacial score (nSPS) is 26.5. The Morgan fingerprint density at radius 2 is 1.88 bits per heavy atom. The third-order valence-corrected chi connectivity index (χ3v) is 5.06. The summed E-state index contributed by atoms with van der Waals surface area (Å²) in [7, 11) is 0. The van der Waals surface area contributed by atoms with Crippen molar-refractivity contribution in [1.82, 2.24) is 5.32 Å². The summed E-state index contributed by atoms with van der Waals surface area (Å²) in [5, 5.41) is 11.9. The second kappa shape index (κ2) is 7.21. The van der Waals surface area contributed by atoms with E-state index in [0.29, 0.717) is 38.6 Å². The topological polar surface area (TPSA) is 86.7 Å². The summed E-state index contributed by atoms with van der Waals surface area (Å²) in [5.41, 5.74) is 0.216. The molecule has 0 aromatic heterocycles. The van der Waals surface area contributed by atoms with Crippen LogP contribution < -0.4 is 10.2 Å². The lowest BCUT2D eigenvalue weighted by Crippen LogP contribution is -2.45. The van der Waals surface area contributed by atoms with Gasteiger partial charge in [-0.15, -0.1) is 0 Å². The lowest BCUT2D eigenvalue weighted by molar-refractivity contribution is -0.144. The zero-order valence-electron chi connectivity index (χ0n) is 13.8. The first-order valence-corrected chi connectivity index (χ1v) is 8.56. The largest absolute Gasteiger partial charge is 0.481 e. The van der Waals surface area contributed by atoms with Crippen LogP contribution in [0.5, 0.6) is 0 Å². The van der Waals surface area contributed by atoms with Crippen LogP contribution in [0.3, 0.4) is 0 Å². The molecule has 1 saturated heterocycles. The Hall–Kier alpha value is -2.44. The van der Waals surface area contributed by atoms with Gasteiger partial charge in [0, 0.05) is 12.5 Å². The van der Waals surface area contributed by atoms with E-state index in [1.54, 1.807) is 12.1 Å². The van der Waals surface area contributed by atoms with E-state index in [-0.39, 0.29) is 23.4 Å². The molecule has 2 N–H and O–H groups in total. The molecule has 7 heteroatoms. The molecule has 2 fully saturated rings. The summed E-state index contributed by atoms with van der Waals surface area (Å²) in [5.74, 6) is -2.84. The number of carboxylic acids is 1. The van der Waals surface area contributed by atoms with Gasteiger partial charge in [0.25, 0.3) is 0 Å². The minimum atomic E-state index is -0.875. The van der Waals surface area contributed by atoms with Crippen molar-refractivity contribution in [3.63, 3.8) is 0 Å². The van der Waals surface area contributed by atoms with Crippen molar-refractivity contribution in [3.8, 4) is 0 Å². The number of para-hydroxylation sites is 1. The molecule has 2 amide bonds. The number of nitrogens with one attached hydrogen (secondary N) is 1. The molecule has 1 aliphatic heterocycles. The van der Waals surface area contributed by atoms with E-state index in [1.807, 2.05) is 0 Å². The number of carboxylic acid groups (broad SMARTS) is 1. The zero-order valence-corrected chi connectivity index (χ0v) is 13.8. The molecule has 3 atom stereocenters. The van der Waals surface area contributed by atoms with Gasteiger partial charge in [-0.05, 0) is 37.8 Å². The monoisotopic (exact) mass is 348 g/mol. The van der Waals surface area contributed by atoms with E-state index >= 15 is 0 Å². The average Bonchev–Trinajstić information content (AvgIpc) is 2.96. The molecule has 1 aromatic carbocycles. The molecule has 1 saturated carbocycles. The fourth-order valence-corrected chi connectivity index (χ4v) is 3.67. The summed E-state index contributed by atoms with van der Waals surface area (Å²) >= 11 is 0. The molecule has 25 heavy (non-hydrogen) atoms. The van der Waals surface area contributed by atoms with E-state index in [0.717, 1.165) is 0 Å². The first-order chi connectivity index (χ1) is 12.0. The predicted octanol–water partition coefficient (Wildman–Crippen LogP) is 1.94. The lowest BCUT2D eigenvalue weighted by atomic mass is 9.81. The molecule has 2 aliphatic rings. The average molecular weight is 348 g/mol. The number of carbonyl (C=O) groups excluding carboxylic acids is 2. The van der Waals surface area contributed by atoms with Gasteiger partial charge >= 0.3 is 5.97 Å². The van der Waals surface area contributed by atoms with E-state index in [1.165, 1.54) is 17.0 Å². The minimum absolute atomic E-state index is 0.216. The van der Waals surface area contributed by atoms with E-state index < -0.39 is 23.7 Å². The van der Waals surface area contributed by atoms with Gasteiger partial charge in [0.05, 0.1) is 11.6 Å². The summed E-state index contributed by atoms with van der Waals surface area (Å²) in [6, 6.07) is 5.36. The van der Waals surface area contributed by atoms with E-state index in [4.69, 9.17) is 5.11 Å². The maximum atomic E-state index is 13.9. The summed E-state index contributed by atoms with van der Waals surface area (Å²) in [6.07, 6.45) is 2.62. The third-order valence-electron chi connectivity index (χ3n) is 5.06. The van der Waals surface area contributed by atoms with Crippen LogP contribution in [0.2, 0.25) is 0 Å². The molecular weight excluding hydrogens is 327 g/mol. The number of nitrogens with zero attached hydrogens (tertiary/aromatic N) is 1. The third kappa shape index (κ3) is 3.65. The van der Waals surface area contributed by atoms with E-state index in [9.17, 15) is 18.8 Å². The molecule has 1 aliphatic carbocycles. The van der Waals surface area contributed by atoms with Crippen molar-refractivity contribution in [1.29, 1.82) is 0 Å². The number of halogens is 1. The van der Waals surface area contributed by atoms with Gasteiger partial charge in [0.15, 0.2) is 0 Å². The number of hydrogen-bond acceptors (Lipinski definition) is 3. The van der Waals surface area contributed by atoms with Crippen molar-refractivity contribution < 1.29 is 23.9 Å². The fourth-order valence-electron chi connectivity index (χ4n) is 3.67. The second-order valence-corrected chi connectivity index (χ2v) is 6.69. The number of carbonyl (C=O) groups is 3. The predicted molar refractivity (Wildman–Crippen MR) is 88.4 cm³/mol. The molecule has 0 bridgehead atoms. The van der Waals surface area contributed by atoms with Crippen LogP contribution in [0.1, 0.15) is 32.1 Å². The lowest BCUT2D eigenvalue weighted by Gasteiger charge is -2.26. The smallest absolute Gasteiger partial charge is 0.306 e. The number of amides is 2. The molecule has 6 nitrogen and oxygen atoms in total. The second-order valence-electron chi connectivity index (χ2n) is 6.69. The SMILES string of the molecule is O=C(O)C1CCCC(C(=O)NC2CCN(c3ccccc3F)C2=O)C1. The molecule has 1 aromatic rings. The van der Waals surface area contributed by atoms with Crippen LogP contribution in [0.4, 0.5) is 10.1 Å². The summed E-state index contributed by atoms with van der Waals surface area (Å²) < 4.78 is 13.9. The van der Waals surface area contributed by atoms with Crippen LogP contribution in [-0.2, 0) is 14.4 Å². The van der Waals surface area contributed by atoms with Gasteiger partial charge in [-0.25, -0.2) is 4.39 Å². The van der Waals surface area contributed by atoms with Crippen molar-refractivity contribution >= 4 is 23.5 Å². The molecule has 134 valence electrons. The van der Waals surface area contributed by atoms with Gasteiger partial charge < -0.3 is 15.3 Å². The number of benzene rings is 1. The Balaban J connectivity index is 1.62. The quantitative estimate of drug-likeness (QED) is 0.871. The van der Waals surface area contributed by atoms with Crippen molar-refractivity contribution in [3.05, 3.63) is 30.1 Å². The number of aliphatic carboxylic acids is 1. The molecule has 0 spiro atoms. The molecule has 3 unspecified atom stereocenters. The standard InChI is InChI=1S/C18H21FN2O4/c19-13-6-1-2-7-15(13)21-9-8-14(17(21)23)20-16(22)11-4-3-5-12(10-11)18(24)25/h1-2,6-7,11-12,14H,3-5,8-10H2,(H,20,22)(H,24,25). The van der Waals surface area contributed by atoms with Gasteiger partial charge in [-0.3, -0.25) is 14.4 Å². The summed E-state index contributed by atoms with van der Waals surface area (Å²) in [6.45, 7) is 0.340. The van der Waals surface area contributed by atoms with Crippen LogP contribution in [-0.4, -0.2) is 35.5 Å². The number of anilines is 1. The number of hydrogen-bond donors (Lipinski definition) is 2. The molecule has 3 rings (SSSR count). The fraction of sp³-hybridized carbons (Fsp3) is 0.500. The van der Waals surface area contributed by atoms with Gasteiger partial charge in [0.1, 0.15) is 11.9 Å². The molecular formula is C18H21FN2O4. The Morgan fingerprint density at radius 1 is 1.16 bits per heavy atom. The Bertz CT molecular complexity index is 693. The van der Waals surface area contributed by atoms with Crippen LogP contribution >= 0.6 is 0 Å². The molecule has 1 heterocycles. The summed E-state index contributed by atoms with van der Waals surface area (Å²) in [4.78, 5) is 37.4. The van der Waals surface area contributed by atoms with Crippen LogP contribution in [0.15, 0.2) is 24.3 Å². The van der Waals surface area contributed by atoms with Crippen LogP contribution in [0.25, 0.3) is 0 Å². The zero-order chi connectivity index (χ0) is 18.0. The van der Waals surface area contributed by atoms with Crippen molar-refractivity contribution in [2.45, 2.75) is 38.1 Å². The highest BCUT2D eigenvalue weighted by Gasteiger charge is 2.37. The minimum Gasteiger partial charge on any atom is -0.481 e. The van der Waals surface area contributed by atoms with E-state index in [2.05, 4.69) is 5.32 Å². The highest BCUT2D eigenvalue weighted by atomic mass is 19.1. The van der Waals surface area contributed by atoms with Crippen molar-refractivity contribution in [2.24, 2.45) is 11.8 Å². The first-order valence-electron chi connectivity index (χ1n) is 8.56. The van der Waals surface area contributed by atoms with Gasteiger partial charge in [0.2, 0.25) is 11.8 Å². The van der Waals surface area contributed by atoms with Crippen LogP contribution in [0, 0.1) is 17.7 Å². The van der Waals surface area contributed by atoms with Gasteiger partial charge in [-0.2, -0.15) is 0 Å². The first kappa shape index (κ1) is 17.4. The highest BCUT2D eigenvalue weighted by molar-refractivity contribution is 6.01. The van der Waals surface area contributed by atoms with Crippen molar-refractivity contribution in [2.75, 3.05) is 11.4 Å². The molecule has 0 radical (unpaired) electrons. The Labute approximate surface area is 145 Å². The Kier molecular flexibility index (Phi) is 5.01. The maximum absolute atomic E-state index is 13.9. The van der Waals surface area contributed by atoms with Gasteiger partial charge in [-0.1, -0.05) is 18.6 Å².